The van der Waals surface area contributed by atoms with E-state index < -0.39 is 45.8 Å². The van der Waals surface area contributed by atoms with Crippen LogP contribution in [0.5, 0.6) is 0 Å². The Balaban J connectivity index is 2.17. The lowest BCUT2D eigenvalue weighted by atomic mass is 9.74. The molecule has 0 aliphatic carbocycles. The van der Waals surface area contributed by atoms with E-state index in [1.807, 2.05) is 10.8 Å². The highest BCUT2D eigenvalue weighted by molar-refractivity contribution is 7.89. The lowest BCUT2D eigenvalue weighted by Crippen LogP contribution is -2.55. The molecule has 1 heterocycles. The number of likely N-dealkylation sites (tertiary alicyclic amines) is 1. The second-order valence-electron chi connectivity index (χ2n) is 9.01. The van der Waals surface area contributed by atoms with Crippen LogP contribution >= 0.6 is 23.2 Å². The van der Waals surface area contributed by atoms with Crippen LogP contribution in [0.4, 0.5) is 0 Å². The van der Waals surface area contributed by atoms with E-state index in [4.69, 9.17) is 27.9 Å². The van der Waals surface area contributed by atoms with Gasteiger partial charge in [-0.05, 0) is 55.2 Å². The molecule has 2 amide bonds. The zero-order valence-electron chi connectivity index (χ0n) is 20.8. The third kappa shape index (κ3) is 7.24. The summed E-state index contributed by atoms with van der Waals surface area (Å²) in [6.07, 6.45) is 1.03. The van der Waals surface area contributed by atoms with Crippen LogP contribution in [-0.2, 0) is 29.1 Å². The summed E-state index contributed by atoms with van der Waals surface area (Å²) in [5, 5.41) is 1.02. The number of benzene rings is 2. The van der Waals surface area contributed by atoms with Gasteiger partial charge < -0.3 is 9.64 Å². The molecular formula is C26H30Cl2N2O6S. The normalized spacial score (nSPS) is 20.8. The molecule has 0 spiro atoms. The Bertz CT molecular complexity index is 1250. The number of ether oxygens (including phenoxy) is 1. The molecule has 2 aromatic carbocycles. The van der Waals surface area contributed by atoms with Crippen molar-refractivity contribution in [2.45, 2.75) is 51.1 Å². The maximum Gasteiger partial charge on any atom is 0.328 e. The van der Waals surface area contributed by atoms with Crippen molar-refractivity contribution in [1.29, 1.82) is 0 Å². The number of hydrogen-bond acceptors (Lipinski definition) is 6. The monoisotopic (exact) mass is 568 g/mol. The number of rotatable bonds is 9. The van der Waals surface area contributed by atoms with Gasteiger partial charge in [-0.15, -0.1) is 0 Å². The predicted molar refractivity (Wildman–Crippen MR) is 142 cm³/mol. The smallest absolute Gasteiger partial charge is 0.328 e. The first kappa shape index (κ1) is 28.9. The molecule has 1 fully saturated rings. The minimum atomic E-state index is -3.80. The fourth-order valence-corrected chi connectivity index (χ4v) is 5.71. The number of halogens is 2. The number of nitrogens with zero attached hydrogens (tertiary/aromatic N) is 1. The zero-order chi connectivity index (χ0) is 27.3. The summed E-state index contributed by atoms with van der Waals surface area (Å²) in [4.78, 5) is 41.1. The molecule has 2 aromatic rings. The maximum atomic E-state index is 14.0. The number of piperidine rings is 1. The summed E-state index contributed by atoms with van der Waals surface area (Å²) in [6.45, 7) is 3.61. The van der Waals surface area contributed by atoms with Crippen molar-refractivity contribution in [2.75, 3.05) is 12.9 Å². The first-order chi connectivity index (χ1) is 17.4. The first-order valence-corrected chi connectivity index (χ1v) is 14.6. The maximum absolute atomic E-state index is 14.0. The molecule has 0 radical (unpaired) electrons. The fourth-order valence-electron chi connectivity index (χ4n) is 4.89. The van der Waals surface area contributed by atoms with E-state index in [1.165, 1.54) is 4.90 Å². The Hall–Kier alpha value is -2.62. The van der Waals surface area contributed by atoms with Gasteiger partial charge in [0.05, 0.1) is 18.9 Å². The van der Waals surface area contributed by atoms with E-state index in [0.717, 1.165) is 17.4 Å². The summed E-state index contributed by atoms with van der Waals surface area (Å²) in [5.41, 5.74) is 1.57. The molecule has 8 nitrogen and oxygen atoms in total. The van der Waals surface area contributed by atoms with Crippen LogP contribution in [0.25, 0.3) is 0 Å². The van der Waals surface area contributed by atoms with Gasteiger partial charge in [0.15, 0.2) is 0 Å². The average molecular weight is 570 g/mol. The molecule has 0 aromatic heterocycles. The van der Waals surface area contributed by atoms with Crippen LogP contribution in [0.1, 0.15) is 56.2 Å². The third-order valence-corrected chi connectivity index (χ3v) is 7.41. The van der Waals surface area contributed by atoms with Gasteiger partial charge in [-0.2, -0.15) is 0 Å². The van der Waals surface area contributed by atoms with Crippen molar-refractivity contribution in [2.24, 2.45) is 5.92 Å². The highest BCUT2D eigenvalue weighted by Gasteiger charge is 2.48. The Morgan fingerprint density at radius 3 is 2.32 bits per heavy atom. The Labute approximate surface area is 227 Å². The topological polar surface area (TPSA) is 110 Å². The van der Waals surface area contributed by atoms with E-state index in [2.05, 4.69) is 0 Å². The molecular weight excluding hydrogens is 539 g/mol. The number of nitrogens with one attached hydrogen (secondary N) is 1. The number of sulfonamides is 1. The zero-order valence-corrected chi connectivity index (χ0v) is 23.1. The van der Waals surface area contributed by atoms with Crippen molar-refractivity contribution >= 4 is 51.0 Å². The summed E-state index contributed by atoms with van der Waals surface area (Å²) in [6, 6.07) is 12.7. The summed E-state index contributed by atoms with van der Waals surface area (Å²) < 4.78 is 30.5. The van der Waals surface area contributed by atoms with Gasteiger partial charge in [-0.3, -0.25) is 14.3 Å². The minimum absolute atomic E-state index is 0.140. The highest BCUT2D eigenvalue weighted by Crippen LogP contribution is 2.47. The molecule has 11 heteroatoms. The van der Waals surface area contributed by atoms with Crippen LogP contribution in [0, 0.1) is 5.92 Å². The molecule has 1 aliphatic rings. The van der Waals surface area contributed by atoms with Crippen molar-refractivity contribution in [3.05, 3.63) is 69.7 Å². The average Bonchev–Trinajstić information content (AvgIpc) is 2.81. The Morgan fingerprint density at radius 2 is 1.76 bits per heavy atom. The molecule has 1 saturated heterocycles. The molecule has 200 valence electrons. The third-order valence-electron chi connectivity index (χ3n) is 6.32. The fraction of sp³-hybridized carbons (Fsp3) is 0.423. The van der Waals surface area contributed by atoms with Gasteiger partial charge in [-0.1, -0.05) is 54.4 Å². The standard InChI is InChI=1S/C26H30Cl2N2O6S/c1-4-22(26(33)36-5-2)30-24(16-9-11-19(27)12-10-16)21(17-7-6-8-20(28)13-17)14-18(25(30)32)15-23(31)29-37(3,34)35/h6-13,18,21-22,24H,4-5,14-15H2,1-3H3,(H,29,31)/t18-,21?,22+,24?/m1/s1. The second kappa shape index (κ2) is 12.3. The molecule has 2 unspecified atom stereocenters. The van der Waals surface area contributed by atoms with E-state index in [-0.39, 0.29) is 31.8 Å². The molecule has 4 atom stereocenters. The Morgan fingerprint density at radius 1 is 1.08 bits per heavy atom. The number of esters is 1. The van der Waals surface area contributed by atoms with Crippen molar-refractivity contribution in [3.8, 4) is 0 Å². The van der Waals surface area contributed by atoms with E-state index in [9.17, 15) is 22.8 Å². The molecule has 3 rings (SSSR count). The number of hydrogen-bond donors (Lipinski definition) is 1. The minimum Gasteiger partial charge on any atom is -0.464 e. The Kier molecular flexibility index (Phi) is 9.61. The largest absolute Gasteiger partial charge is 0.464 e. The van der Waals surface area contributed by atoms with Gasteiger partial charge in [0, 0.05) is 28.3 Å². The molecule has 37 heavy (non-hydrogen) atoms. The summed E-state index contributed by atoms with van der Waals surface area (Å²) in [7, 11) is -3.80. The van der Waals surface area contributed by atoms with Crippen LogP contribution < -0.4 is 4.72 Å². The van der Waals surface area contributed by atoms with E-state index >= 15 is 0 Å². The van der Waals surface area contributed by atoms with Crippen LogP contribution in [-0.4, -0.2) is 50.0 Å². The van der Waals surface area contributed by atoms with E-state index in [1.54, 1.807) is 56.3 Å². The highest BCUT2D eigenvalue weighted by atomic mass is 35.5. The summed E-state index contributed by atoms with van der Waals surface area (Å²) in [5.74, 6) is -3.01. The van der Waals surface area contributed by atoms with Crippen LogP contribution in [0.3, 0.4) is 0 Å². The van der Waals surface area contributed by atoms with E-state index in [0.29, 0.717) is 10.0 Å². The predicted octanol–water partition coefficient (Wildman–Crippen LogP) is 4.47. The van der Waals surface area contributed by atoms with Crippen molar-refractivity contribution in [3.63, 3.8) is 0 Å². The quantitative estimate of drug-likeness (QED) is 0.447. The lowest BCUT2D eigenvalue weighted by molar-refractivity contribution is -0.163. The van der Waals surface area contributed by atoms with Gasteiger partial charge in [0.1, 0.15) is 6.04 Å². The first-order valence-electron chi connectivity index (χ1n) is 12.0. The number of amides is 2. The second-order valence-corrected chi connectivity index (χ2v) is 11.6. The molecule has 1 aliphatic heterocycles. The molecule has 1 N–H and O–H groups in total. The van der Waals surface area contributed by atoms with Crippen LogP contribution in [0.2, 0.25) is 10.0 Å². The lowest BCUT2D eigenvalue weighted by Gasteiger charge is -2.47. The van der Waals surface area contributed by atoms with Crippen molar-refractivity contribution in [1.82, 2.24) is 9.62 Å². The van der Waals surface area contributed by atoms with Gasteiger partial charge in [-0.25, -0.2) is 13.2 Å². The van der Waals surface area contributed by atoms with Gasteiger partial charge in [0.2, 0.25) is 21.8 Å². The van der Waals surface area contributed by atoms with Gasteiger partial charge in [0.25, 0.3) is 0 Å². The van der Waals surface area contributed by atoms with Crippen LogP contribution in [0.15, 0.2) is 48.5 Å². The van der Waals surface area contributed by atoms with Gasteiger partial charge >= 0.3 is 5.97 Å². The molecule has 0 bridgehead atoms. The SMILES string of the molecule is CCOC(=O)[C@H](CC)N1C(=O)[C@@H](CC(=O)NS(C)(=O)=O)CC(c2cccc(Cl)c2)C1c1ccc(Cl)cc1. The van der Waals surface area contributed by atoms with Crippen molar-refractivity contribution < 1.29 is 27.5 Å². The number of carbonyl (C=O) groups is 3. The molecule has 0 saturated carbocycles. The number of carbonyl (C=O) groups excluding carboxylic acids is 3. The summed E-state index contributed by atoms with van der Waals surface area (Å²) >= 11 is 12.5.